The summed E-state index contributed by atoms with van der Waals surface area (Å²) in [5.74, 6) is -0.854. The number of hydrogen-bond donors (Lipinski definition) is 4. The summed E-state index contributed by atoms with van der Waals surface area (Å²) in [6.45, 7) is 9.27. The van der Waals surface area contributed by atoms with E-state index in [0.717, 1.165) is 40.0 Å². The summed E-state index contributed by atoms with van der Waals surface area (Å²) in [5.41, 5.74) is 10.4. The molecule has 5 N–H and O–H groups in total. The number of carboxylic acid groups (broad SMARTS) is 1. The van der Waals surface area contributed by atoms with Gasteiger partial charge < -0.3 is 26.2 Å². The molecule has 2 amide bonds. The number of amides is 2. The summed E-state index contributed by atoms with van der Waals surface area (Å²) >= 11 is 0. The summed E-state index contributed by atoms with van der Waals surface area (Å²) in [5, 5.41) is 14.9. The highest BCUT2D eigenvalue weighted by atomic mass is 16.5. The molecule has 0 aliphatic heterocycles. The summed E-state index contributed by atoms with van der Waals surface area (Å²) < 4.78 is 5.89. The molecule has 0 saturated heterocycles. The minimum atomic E-state index is -1.19. The van der Waals surface area contributed by atoms with Crippen LogP contribution in [-0.4, -0.2) is 58.1 Å². The zero-order valence-electron chi connectivity index (χ0n) is 30.2. The van der Waals surface area contributed by atoms with Crippen molar-refractivity contribution in [2.75, 3.05) is 13.2 Å². The van der Waals surface area contributed by atoms with E-state index in [-0.39, 0.29) is 24.8 Å². The molecule has 4 aromatic rings. The number of aliphatic carboxylic acids is 1. The van der Waals surface area contributed by atoms with E-state index in [9.17, 15) is 19.5 Å². The maximum absolute atomic E-state index is 13.4. The van der Waals surface area contributed by atoms with Crippen molar-refractivity contribution in [2.24, 2.45) is 5.73 Å². The Morgan fingerprint density at radius 3 is 2.00 bits per heavy atom. The summed E-state index contributed by atoms with van der Waals surface area (Å²) in [6.07, 6.45) is 9.74. The monoisotopic (exact) mass is 693 g/mol. The van der Waals surface area contributed by atoms with Gasteiger partial charge in [0.2, 0.25) is 5.91 Å². The van der Waals surface area contributed by atoms with Crippen LogP contribution in [0.1, 0.15) is 87.7 Å². The van der Waals surface area contributed by atoms with Gasteiger partial charge in [-0.1, -0.05) is 102 Å². The molecule has 0 bridgehead atoms. The molecule has 10 heteroatoms. The Kier molecular flexibility index (Phi) is 14.3. The zero-order valence-corrected chi connectivity index (χ0v) is 30.2. The van der Waals surface area contributed by atoms with Crippen LogP contribution in [0.2, 0.25) is 0 Å². The van der Waals surface area contributed by atoms with E-state index in [4.69, 9.17) is 10.5 Å². The molecule has 1 heterocycles. The van der Waals surface area contributed by atoms with Gasteiger partial charge in [0.1, 0.15) is 17.8 Å². The Labute approximate surface area is 301 Å². The van der Waals surface area contributed by atoms with E-state index in [2.05, 4.69) is 48.3 Å². The van der Waals surface area contributed by atoms with Crippen LogP contribution in [0.5, 0.6) is 5.75 Å². The van der Waals surface area contributed by atoms with Crippen LogP contribution in [0.4, 0.5) is 0 Å². The van der Waals surface area contributed by atoms with Gasteiger partial charge in [-0.25, -0.2) is 14.8 Å². The average Bonchev–Trinajstić information content (AvgIpc) is 3.13. The number of hydrogen-bond acceptors (Lipinski definition) is 7. The Morgan fingerprint density at radius 1 is 0.784 bits per heavy atom. The molecule has 0 fully saturated rings. The smallest absolute Gasteiger partial charge is 0.326 e. The second-order valence-electron chi connectivity index (χ2n) is 13.8. The second kappa shape index (κ2) is 18.8. The first-order chi connectivity index (χ1) is 24.5. The quantitative estimate of drug-likeness (QED) is 0.0838. The first kappa shape index (κ1) is 38.7. The molecule has 0 radical (unpaired) electrons. The van der Waals surface area contributed by atoms with E-state index >= 15 is 0 Å². The number of benzene rings is 3. The highest BCUT2D eigenvalue weighted by molar-refractivity contribution is 5.98. The molecule has 1 aromatic heterocycles. The fraction of sp³-hybridized carbons (Fsp3) is 0.390. The van der Waals surface area contributed by atoms with Gasteiger partial charge in [0, 0.05) is 35.5 Å². The Morgan fingerprint density at radius 2 is 1.41 bits per heavy atom. The number of ether oxygens (including phenoxy) is 1. The molecule has 0 aliphatic rings. The van der Waals surface area contributed by atoms with Crippen LogP contribution in [0.25, 0.3) is 22.5 Å². The summed E-state index contributed by atoms with van der Waals surface area (Å²) in [6, 6.07) is 20.3. The first-order valence-electron chi connectivity index (χ1n) is 17.8. The van der Waals surface area contributed by atoms with Crippen molar-refractivity contribution in [1.29, 1.82) is 0 Å². The van der Waals surface area contributed by atoms with Gasteiger partial charge >= 0.3 is 5.97 Å². The summed E-state index contributed by atoms with van der Waals surface area (Å²) in [4.78, 5) is 47.6. The molecular weight excluding hydrogens is 642 g/mol. The molecule has 2 unspecified atom stereocenters. The highest BCUT2D eigenvalue weighted by Crippen LogP contribution is 2.25. The second-order valence-corrected chi connectivity index (χ2v) is 13.8. The van der Waals surface area contributed by atoms with Gasteiger partial charge in [0.05, 0.1) is 6.61 Å². The Balaban J connectivity index is 1.42. The molecule has 51 heavy (non-hydrogen) atoms. The molecule has 4 rings (SSSR count). The standard InChI is InChI=1S/C41H51N5O5/c1-5-6-7-8-9-24-51-34-20-16-29(17-21-34)32-26-43-37(44-27-32)30-12-10-28(11-13-30)25-36(39(48)45-35(22-23-42)40(49)50)46-38(47)31-14-18-33(19-15-31)41(2,3)4/h10-21,26-27,35-36H,5-9,22-25,42H2,1-4H3,(H,45,48)(H,46,47)(H,49,50). The van der Waals surface area contributed by atoms with Gasteiger partial charge in [-0.2, -0.15) is 0 Å². The highest BCUT2D eigenvalue weighted by Gasteiger charge is 2.27. The minimum absolute atomic E-state index is 0.0580. The predicted octanol–water partition coefficient (Wildman–Crippen LogP) is 6.72. The number of rotatable bonds is 18. The molecule has 0 spiro atoms. The van der Waals surface area contributed by atoms with Crippen molar-refractivity contribution >= 4 is 17.8 Å². The van der Waals surface area contributed by atoms with Crippen LogP contribution in [0.3, 0.4) is 0 Å². The lowest BCUT2D eigenvalue weighted by atomic mass is 9.86. The first-order valence-corrected chi connectivity index (χ1v) is 17.8. The Hall–Kier alpha value is -5.09. The number of carbonyl (C=O) groups is 3. The molecule has 0 aliphatic carbocycles. The normalized spacial score (nSPS) is 12.5. The third-order valence-corrected chi connectivity index (χ3v) is 8.71. The molecule has 0 saturated carbocycles. The van der Waals surface area contributed by atoms with E-state index in [1.54, 1.807) is 24.5 Å². The van der Waals surface area contributed by atoms with Crippen molar-refractivity contribution in [3.63, 3.8) is 0 Å². The van der Waals surface area contributed by atoms with Gasteiger partial charge in [0.25, 0.3) is 5.91 Å². The topological polar surface area (TPSA) is 157 Å². The fourth-order valence-electron chi connectivity index (χ4n) is 5.56. The van der Waals surface area contributed by atoms with Crippen LogP contribution in [0.15, 0.2) is 85.2 Å². The lowest BCUT2D eigenvalue weighted by Gasteiger charge is -2.22. The number of nitrogens with two attached hydrogens (primary N) is 1. The van der Waals surface area contributed by atoms with E-state index in [1.807, 2.05) is 60.7 Å². The van der Waals surface area contributed by atoms with Crippen molar-refractivity contribution in [1.82, 2.24) is 20.6 Å². The zero-order chi connectivity index (χ0) is 36.8. The van der Waals surface area contributed by atoms with Crippen LogP contribution >= 0.6 is 0 Å². The van der Waals surface area contributed by atoms with Crippen LogP contribution in [0, 0.1) is 0 Å². The molecule has 2 atom stereocenters. The SMILES string of the molecule is CCCCCCCOc1ccc(-c2cnc(-c3ccc(CC(NC(=O)c4ccc(C(C)(C)C)cc4)C(=O)NC(CCN)C(=O)O)cc3)nc2)cc1. The van der Waals surface area contributed by atoms with Gasteiger partial charge in [-0.3, -0.25) is 9.59 Å². The molecule has 10 nitrogen and oxygen atoms in total. The van der Waals surface area contributed by atoms with Crippen molar-refractivity contribution in [3.05, 3.63) is 102 Å². The number of carbonyl (C=O) groups excluding carboxylic acids is 2. The largest absolute Gasteiger partial charge is 0.494 e. The summed E-state index contributed by atoms with van der Waals surface area (Å²) in [7, 11) is 0. The molecule has 3 aromatic carbocycles. The Bertz CT molecular complexity index is 1700. The number of nitrogens with zero attached hydrogens (tertiary/aromatic N) is 2. The number of carboxylic acids is 1. The van der Waals surface area contributed by atoms with Crippen molar-refractivity contribution < 1.29 is 24.2 Å². The van der Waals surface area contributed by atoms with Gasteiger partial charge in [-0.15, -0.1) is 0 Å². The van der Waals surface area contributed by atoms with E-state index in [0.29, 0.717) is 18.0 Å². The molecule has 270 valence electrons. The fourth-order valence-corrected chi connectivity index (χ4v) is 5.56. The van der Waals surface area contributed by atoms with Crippen molar-refractivity contribution in [2.45, 2.75) is 90.1 Å². The van der Waals surface area contributed by atoms with E-state index < -0.39 is 29.9 Å². The lowest BCUT2D eigenvalue weighted by Crippen LogP contribution is -2.52. The number of unbranched alkanes of at least 4 members (excludes halogenated alkanes) is 4. The van der Waals surface area contributed by atoms with E-state index in [1.165, 1.54) is 25.7 Å². The van der Waals surface area contributed by atoms with Gasteiger partial charge in [-0.05, 0) is 65.8 Å². The van der Waals surface area contributed by atoms with Crippen LogP contribution in [-0.2, 0) is 21.4 Å². The lowest BCUT2D eigenvalue weighted by molar-refractivity contribution is -0.142. The third-order valence-electron chi connectivity index (χ3n) is 8.71. The van der Waals surface area contributed by atoms with Crippen molar-refractivity contribution in [3.8, 4) is 28.3 Å². The predicted molar refractivity (Wildman–Crippen MR) is 200 cm³/mol. The maximum atomic E-state index is 13.4. The number of aromatic nitrogens is 2. The minimum Gasteiger partial charge on any atom is -0.494 e. The van der Waals surface area contributed by atoms with Crippen LogP contribution < -0.4 is 21.1 Å². The van der Waals surface area contributed by atoms with Gasteiger partial charge in [0.15, 0.2) is 5.82 Å². The number of nitrogens with one attached hydrogen (secondary N) is 2. The maximum Gasteiger partial charge on any atom is 0.326 e. The average molecular weight is 694 g/mol. The molecular formula is C41H51N5O5. The third kappa shape index (κ3) is 11.7.